The van der Waals surface area contributed by atoms with E-state index in [4.69, 9.17) is 0 Å². The van der Waals surface area contributed by atoms with Gasteiger partial charge in [0.05, 0.1) is 6.04 Å². The Morgan fingerprint density at radius 3 is 2.50 bits per heavy atom. The SMILES string of the molecule is C[C@H](NS(=O)(=O)c1ccccc1F)C(=O)N1CCN(C2CCCN(C)C2)CC1. The molecular weight excluding hydrogens is 383 g/mol. The maximum absolute atomic E-state index is 13.8. The number of nitrogens with zero attached hydrogens (tertiary/aromatic N) is 3. The fourth-order valence-corrected chi connectivity index (χ4v) is 5.30. The van der Waals surface area contributed by atoms with Gasteiger partial charge in [-0.05, 0) is 45.5 Å². The zero-order valence-corrected chi connectivity index (χ0v) is 17.3. The summed E-state index contributed by atoms with van der Waals surface area (Å²) >= 11 is 0. The van der Waals surface area contributed by atoms with E-state index in [1.807, 2.05) is 0 Å². The second kappa shape index (κ2) is 8.86. The van der Waals surface area contributed by atoms with Crippen molar-refractivity contribution in [3.8, 4) is 0 Å². The minimum atomic E-state index is -4.10. The van der Waals surface area contributed by atoms with Gasteiger partial charge in [-0.15, -0.1) is 0 Å². The fraction of sp³-hybridized carbons (Fsp3) is 0.632. The number of nitrogens with one attached hydrogen (secondary N) is 1. The van der Waals surface area contributed by atoms with Gasteiger partial charge in [-0.3, -0.25) is 9.69 Å². The molecule has 1 amide bonds. The molecule has 2 saturated heterocycles. The van der Waals surface area contributed by atoms with Crippen LogP contribution in [0.4, 0.5) is 4.39 Å². The number of hydrogen-bond donors (Lipinski definition) is 1. The Kier molecular flexibility index (Phi) is 6.69. The Labute approximate surface area is 166 Å². The number of piperidine rings is 1. The van der Waals surface area contributed by atoms with Crippen LogP contribution < -0.4 is 4.72 Å². The number of hydrogen-bond acceptors (Lipinski definition) is 5. The lowest BCUT2D eigenvalue weighted by Gasteiger charge is -2.43. The molecular formula is C19H29FN4O3S. The number of carbonyl (C=O) groups is 1. The number of piperazine rings is 1. The van der Waals surface area contributed by atoms with E-state index in [0.29, 0.717) is 19.1 Å². The van der Waals surface area contributed by atoms with E-state index in [9.17, 15) is 17.6 Å². The molecule has 1 unspecified atom stereocenters. The number of carbonyl (C=O) groups excluding carboxylic acids is 1. The second-order valence-corrected chi connectivity index (χ2v) is 9.38. The Bertz CT molecular complexity index is 796. The summed E-state index contributed by atoms with van der Waals surface area (Å²) in [6, 6.07) is 4.72. The van der Waals surface area contributed by atoms with Gasteiger partial charge in [0.1, 0.15) is 10.7 Å². The number of halogens is 1. The quantitative estimate of drug-likeness (QED) is 0.772. The minimum Gasteiger partial charge on any atom is -0.339 e. The van der Waals surface area contributed by atoms with E-state index in [1.165, 1.54) is 38.0 Å². The molecule has 9 heteroatoms. The molecule has 1 N–H and O–H groups in total. The summed E-state index contributed by atoms with van der Waals surface area (Å²) in [5.74, 6) is -1.11. The monoisotopic (exact) mass is 412 g/mol. The van der Waals surface area contributed by atoms with Crippen molar-refractivity contribution in [2.24, 2.45) is 0 Å². The lowest BCUT2D eigenvalue weighted by atomic mass is 10.0. The van der Waals surface area contributed by atoms with Crippen LogP contribution in [-0.4, -0.2) is 87.4 Å². The predicted molar refractivity (Wildman–Crippen MR) is 105 cm³/mol. The second-order valence-electron chi connectivity index (χ2n) is 7.69. The van der Waals surface area contributed by atoms with Crippen molar-refractivity contribution in [2.75, 3.05) is 46.3 Å². The molecule has 2 atom stereocenters. The van der Waals surface area contributed by atoms with Crippen molar-refractivity contribution in [1.29, 1.82) is 0 Å². The van der Waals surface area contributed by atoms with Crippen molar-refractivity contribution in [3.63, 3.8) is 0 Å². The highest BCUT2D eigenvalue weighted by atomic mass is 32.2. The van der Waals surface area contributed by atoms with Crippen LogP contribution in [0.15, 0.2) is 29.2 Å². The van der Waals surface area contributed by atoms with Gasteiger partial charge in [0.25, 0.3) is 0 Å². The summed E-state index contributed by atoms with van der Waals surface area (Å²) < 4.78 is 40.9. The number of likely N-dealkylation sites (N-methyl/N-ethyl adjacent to an activating group) is 1. The molecule has 2 aliphatic heterocycles. The fourth-order valence-electron chi connectivity index (χ4n) is 4.03. The number of rotatable bonds is 5. The Morgan fingerprint density at radius 2 is 1.86 bits per heavy atom. The third kappa shape index (κ3) is 4.89. The molecule has 3 rings (SSSR count). The van der Waals surface area contributed by atoms with Crippen LogP contribution in [0.25, 0.3) is 0 Å². The molecule has 0 radical (unpaired) electrons. The van der Waals surface area contributed by atoms with Crippen molar-refractivity contribution in [2.45, 2.75) is 36.7 Å². The number of likely N-dealkylation sites (tertiary alicyclic amines) is 1. The average Bonchev–Trinajstić information content (AvgIpc) is 2.67. The van der Waals surface area contributed by atoms with Gasteiger partial charge in [0.2, 0.25) is 15.9 Å². The van der Waals surface area contributed by atoms with Crippen molar-refractivity contribution < 1.29 is 17.6 Å². The molecule has 156 valence electrons. The maximum Gasteiger partial charge on any atom is 0.244 e. The molecule has 0 aliphatic carbocycles. The number of benzene rings is 1. The van der Waals surface area contributed by atoms with Gasteiger partial charge in [-0.2, -0.15) is 4.72 Å². The summed E-state index contributed by atoms with van der Waals surface area (Å²) in [7, 11) is -1.96. The third-order valence-corrected chi connectivity index (χ3v) is 7.14. The van der Waals surface area contributed by atoms with E-state index >= 15 is 0 Å². The lowest BCUT2D eigenvalue weighted by molar-refractivity contribution is -0.134. The normalized spacial score (nSPS) is 23.5. The zero-order valence-electron chi connectivity index (χ0n) is 16.5. The van der Waals surface area contributed by atoms with Gasteiger partial charge >= 0.3 is 0 Å². The smallest absolute Gasteiger partial charge is 0.244 e. The molecule has 0 bridgehead atoms. The molecule has 28 heavy (non-hydrogen) atoms. The molecule has 2 heterocycles. The van der Waals surface area contributed by atoms with E-state index in [-0.39, 0.29) is 5.91 Å². The van der Waals surface area contributed by atoms with Crippen LogP contribution in [0.1, 0.15) is 19.8 Å². The van der Waals surface area contributed by atoms with Gasteiger partial charge < -0.3 is 9.80 Å². The van der Waals surface area contributed by atoms with E-state index in [0.717, 1.165) is 32.2 Å². The van der Waals surface area contributed by atoms with Gasteiger partial charge in [-0.1, -0.05) is 12.1 Å². The van der Waals surface area contributed by atoms with Crippen LogP contribution in [0.3, 0.4) is 0 Å². The summed E-state index contributed by atoms with van der Waals surface area (Å²) in [4.78, 5) is 18.7. The van der Waals surface area contributed by atoms with Gasteiger partial charge in [-0.25, -0.2) is 12.8 Å². The van der Waals surface area contributed by atoms with Gasteiger partial charge in [0, 0.05) is 38.8 Å². The summed E-state index contributed by atoms with van der Waals surface area (Å²) in [5, 5.41) is 0. The molecule has 2 aliphatic rings. The Hall–Kier alpha value is -1.55. The van der Waals surface area contributed by atoms with E-state index < -0.39 is 26.8 Å². The highest BCUT2D eigenvalue weighted by Crippen LogP contribution is 2.18. The summed E-state index contributed by atoms with van der Waals surface area (Å²) in [6.07, 6.45) is 2.37. The molecule has 0 aromatic heterocycles. The standard InChI is InChI=1S/C19H29FN4O3S/c1-15(21-28(26,27)18-8-4-3-7-17(18)20)19(25)24-12-10-23(11-13-24)16-6-5-9-22(2)14-16/h3-4,7-8,15-16,21H,5-6,9-14H2,1-2H3/t15-,16?/m0/s1. The predicted octanol–water partition coefficient (Wildman–Crippen LogP) is 0.731. The maximum atomic E-state index is 13.8. The first-order valence-electron chi connectivity index (χ1n) is 9.76. The minimum absolute atomic E-state index is 0.277. The van der Waals surface area contributed by atoms with E-state index in [2.05, 4.69) is 21.6 Å². The van der Waals surface area contributed by atoms with Crippen molar-refractivity contribution >= 4 is 15.9 Å². The van der Waals surface area contributed by atoms with Crippen molar-refractivity contribution in [3.05, 3.63) is 30.1 Å². The highest BCUT2D eigenvalue weighted by molar-refractivity contribution is 7.89. The topological polar surface area (TPSA) is 73.0 Å². The molecule has 1 aromatic rings. The largest absolute Gasteiger partial charge is 0.339 e. The van der Waals surface area contributed by atoms with Crippen LogP contribution in [0, 0.1) is 5.82 Å². The Morgan fingerprint density at radius 1 is 1.18 bits per heavy atom. The van der Waals surface area contributed by atoms with Gasteiger partial charge in [0.15, 0.2) is 0 Å². The van der Waals surface area contributed by atoms with Crippen LogP contribution in [0.2, 0.25) is 0 Å². The van der Waals surface area contributed by atoms with Crippen molar-refractivity contribution in [1.82, 2.24) is 19.4 Å². The first-order chi connectivity index (χ1) is 13.3. The first-order valence-corrected chi connectivity index (χ1v) is 11.2. The van der Waals surface area contributed by atoms with Crippen LogP contribution in [0.5, 0.6) is 0 Å². The first kappa shape index (κ1) is 21.2. The van der Waals surface area contributed by atoms with Crippen LogP contribution in [-0.2, 0) is 14.8 Å². The molecule has 7 nitrogen and oxygen atoms in total. The Balaban J connectivity index is 1.55. The lowest BCUT2D eigenvalue weighted by Crippen LogP contribution is -2.57. The number of sulfonamides is 1. The highest BCUT2D eigenvalue weighted by Gasteiger charge is 2.31. The zero-order chi connectivity index (χ0) is 20.3. The van der Waals surface area contributed by atoms with Crippen LogP contribution >= 0.6 is 0 Å². The summed E-state index contributed by atoms with van der Waals surface area (Å²) in [5.41, 5.74) is 0. The number of amides is 1. The molecule has 2 fully saturated rings. The summed E-state index contributed by atoms with van der Waals surface area (Å²) in [6.45, 7) is 6.41. The third-order valence-electron chi connectivity index (χ3n) is 5.57. The van der Waals surface area contributed by atoms with E-state index in [1.54, 1.807) is 4.90 Å². The molecule has 0 spiro atoms. The molecule has 0 saturated carbocycles. The molecule has 1 aromatic carbocycles. The average molecular weight is 413 g/mol.